The molecule has 160 valence electrons. The number of primary amides is 1. The molecule has 0 bridgehead atoms. The molecule has 0 radical (unpaired) electrons. The number of hydrogen-bond acceptors (Lipinski definition) is 6. The molecule has 1 aliphatic carbocycles. The second kappa shape index (κ2) is 9.36. The molecule has 1 atom stereocenters. The summed E-state index contributed by atoms with van der Waals surface area (Å²) < 4.78 is 10.4. The van der Waals surface area contributed by atoms with Gasteiger partial charge in [0.15, 0.2) is 18.1 Å². The van der Waals surface area contributed by atoms with Gasteiger partial charge < -0.3 is 15.2 Å². The van der Waals surface area contributed by atoms with Crippen LogP contribution in [0.4, 0.5) is 0 Å². The zero-order valence-corrected chi connectivity index (χ0v) is 18.1. The number of hydrogen-bond donors (Lipinski definition) is 3. The summed E-state index contributed by atoms with van der Waals surface area (Å²) in [6.45, 7) is 1.81. The van der Waals surface area contributed by atoms with Crippen molar-refractivity contribution in [3.05, 3.63) is 44.1 Å². The first kappa shape index (κ1) is 21.9. The number of hydrazine groups is 1. The number of carbonyl (C=O) groups excluding carboxylic acids is 3. The van der Waals surface area contributed by atoms with E-state index >= 15 is 0 Å². The molecule has 0 saturated carbocycles. The fourth-order valence-electron chi connectivity index (χ4n) is 3.20. The van der Waals surface area contributed by atoms with Gasteiger partial charge in [-0.25, -0.2) is 0 Å². The Morgan fingerprint density at radius 3 is 2.67 bits per heavy atom. The zero-order chi connectivity index (χ0) is 21.8. The fraction of sp³-hybridized carbons (Fsp3) is 0.350. The second-order valence-corrected chi connectivity index (χ2v) is 8.60. The highest BCUT2D eigenvalue weighted by Crippen LogP contribution is 2.36. The van der Waals surface area contributed by atoms with Crippen LogP contribution in [0.25, 0.3) is 0 Å². The lowest BCUT2D eigenvalue weighted by Crippen LogP contribution is -2.41. The highest BCUT2D eigenvalue weighted by Gasteiger charge is 2.21. The van der Waals surface area contributed by atoms with Crippen molar-refractivity contribution in [2.45, 2.75) is 26.2 Å². The molecule has 0 aliphatic heterocycles. The van der Waals surface area contributed by atoms with E-state index in [0.717, 1.165) is 19.3 Å². The first-order valence-corrected chi connectivity index (χ1v) is 10.5. The molecule has 0 spiro atoms. The van der Waals surface area contributed by atoms with Crippen LogP contribution < -0.4 is 26.1 Å². The van der Waals surface area contributed by atoms with E-state index in [9.17, 15) is 14.4 Å². The highest BCUT2D eigenvalue weighted by atomic mass is 35.5. The minimum atomic E-state index is -0.678. The largest absolute Gasteiger partial charge is 0.493 e. The summed E-state index contributed by atoms with van der Waals surface area (Å²) in [5.41, 5.74) is 11.2. The normalized spacial score (nSPS) is 15.1. The molecule has 10 heteroatoms. The minimum absolute atomic E-state index is 0.0622. The van der Waals surface area contributed by atoms with Gasteiger partial charge in [0.05, 0.1) is 17.0 Å². The molecule has 1 heterocycles. The number of thiophene rings is 1. The van der Waals surface area contributed by atoms with Gasteiger partial charge in [0.1, 0.15) is 0 Å². The standard InChI is InChI=1S/C20H22ClN3O5S/c1-10-3-4-15-11(5-10)8-16(30-15)20(27)24-23-19(26)12-6-13(21)18(14(7-12)28-2)29-9-17(22)25/h6-8,10H,3-5,9H2,1-2H3,(H2,22,25)(H,23,26)(H,24,27). The maximum Gasteiger partial charge on any atom is 0.279 e. The number of benzene rings is 1. The highest BCUT2D eigenvalue weighted by molar-refractivity contribution is 7.14. The van der Waals surface area contributed by atoms with E-state index < -0.39 is 11.8 Å². The van der Waals surface area contributed by atoms with Crippen LogP contribution in [0.2, 0.25) is 5.02 Å². The van der Waals surface area contributed by atoms with Crippen molar-refractivity contribution in [3.63, 3.8) is 0 Å². The molecule has 3 rings (SSSR count). The maximum atomic E-state index is 12.5. The third-order valence-electron chi connectivity index (χ3n) is 4.69. The van der Waals surface area contributed by atoms with Gasteiger partial charge in [-0.1, -0.05) is 18.5 Å². The molecule has 3 amide bonds. The number of amides is 3. The molecule has 0 saturated heterocycles. The molecule has 30 heavy (non-hydrogen) atoms. The van der Waals surface area contributed by atoms with Crippen LogP contribution in [0.1, 0.15) is 43.8 Å². The van der Waals surface area contributed by atoms with E-state index in [1.54, 1.807) is 0 Å². The Kier molecular flexibility index (Phi) is 6.84. The summed E-state index contributed by atoms with van der Waals surface area (Å²) in [4.78, 5) is 37.6. The Labute approximate surface area is 182 Å². The number of rotatable bonds is 6. The molecule has 8 nitrogen and oxygen atoms in total. The summed E-state index contributed by atoms with van der Waals surface area (Å²) >= 11 is 7.60. The zero-order valence-electron chi connectivity index (χ0n) is 16.5. The van der Waals surface area contributed by atoms with Crippen molar-refractivity contribution >= 4 is 40.7 Å². The van der Waals surface area contributed by atoms with E-state index in [1.807, 2.05) is 6.07 Å². The van der Waals surface area contributed by atoms with Gasteiger partial charge in [-0.2, -0.15) is 0 Å². The molecule has 4 N–H and O–H groups in total. The molecule has 1 unspecified atom stereocenters. The summed E-state index contributed by atoms with van der Waals surface area (Å²) in [6, 6.07) is 4.62. The molecule has 1 aliphatic rings. The molecule has 1 aromatic carbocycles. The van der Waals surface area contributed by atoms with Crippen molar-refractivity contribution in [3.8, 4) is 11.5 Å². The second-order valence-electron chi connectivity index (χ2n) is 7.06. The Bertz CT molecular complexity index is 991. The van der Waals surface area contributed by atoms with Gasteiger partial charge in [-0.3, -0.25) is 25.2 Å². The van der Waals surface area contributed by atoms with Gasteiger partial charge in [-0.15, -0.1) is 11.3 Å². The van der Waals surface area contributed by atoms with Crippen LogP contribution >= 0.6 is 22.9 Å². The fourth-order valence-corrected chi connectivity index (χ4v) is 4.57. The molecule has 2 aromatic rings. The van der Waals surface area contributed by atoms with Crippen LogP contribution in [-0.4, -0.2) is 31.4 Å². The Morgan fingerprint density at radius 1 is 1.23 bits per heavy atom. The lowest BCUT2D eigenvalue weighted by atomic mass is 9.90. The third-order valence-corrected chi connectivity index (χ3v) is 6.21. The number of methoxy groups -OCH3 is 1. The average Bonchev–Trinajstić information content (AvgIpc) is 3.13. The number of nitrogens with one attached hydrogen (secondary N) is 2. The predicted molar refractivity (Wildman–Crippen MR) is 113 cm³/mol. The first-order chi connectivity index (χ1) is 14.3. The Hall–Kier alpha value is -2.78. The number of fused-ring (bicyclic) bond motifs is 1. The van der Waals surface area contributed by atoms with Crippen LogP contribution in [0, 0.1) is 5.92 Å². The van der Waals surface area contributed by atoms with Crippen molar-refractivity contribution in [1.82, 2.24) is 10.9 Å². The van der Waals surface area contributed by atoms with E-state index in [2.05, 4.69) is 17.8 Å². The Balaban J connectivity index is 1.66. The Morgan fingerprint density at radius 2 is 1.97 bits per heavy atom. The number of nitrogens with two attached hydrogens (primary N) is 1. The third kappa shape index (κ3) is 5.03. The van der Waals surface area contributed by atoms with Gasteiger partial charge in [-0.05, 0) is 48.9 Å². The monoisotopic (exact) mass is 451 g/mol. The van der Waals surface area contributed by atoms with Gasteiger partial charge >= 0.3 is 0 Å². The van der Waals surface area contributed by atoms with Crippen molar-refractivity contribution in [1.29, 1.82) is 0 Å². The van der Waals surface area contributed by atoms with E-state index in [0.29, 0.717) is 10.8 Å². The van der Waals surface area contributed by atoms with Crippen LogP contribution in [0.15, 0.2) is 18.2 Å². The average molecular weight is 452 g/mol. The number of carbonyl (C=O) groups is 3. The quantitative estimate of drug-likeness (QED) is 0.583. The van der Waals surface area contributed by atoms with Crippen molar-refractivity contribution < 1.29 is 23.9 Å². The van der Waals surface area contributed by atoms with Crippen molar-refractivity contribution in [2.24, 2.45) is 11.7 Å². The summed E-state index contributed by atoms with van der Waals surface area (Å²) in [7, 11) is 1.37. The van der Waals surface area contributed by atoms with Crippen molar-refractivity contribution in [2.75, 3.05) is 13.7 Å². The van der Waals surface area contributed by atoms with Gasteiger partial charge in [0.25, 0.3) is 17.7 Å². The SMILES string of the molecule is COc1cc(C(=O)NNC(=O)c2cc3c(s2)CCC(C)C3)cc(Cl)c1OCC(N)=O. The minimum Gasteiger partial charge on any atom is -0.493 e. The number of aryl methyl sites for hydroxylation is 1. The molecule has 1 aromatic heterocycles. The van der Waals surface area contributed by atoms with Gasteiger partial charge in [0, 0.05) is 10.4 Å². The molecular formula is C20H22ClN3O5S. The summed E-state index contributed by atoms with van der Waals surface area (Å²) in [5, 5.41) is 0.0622. The van der Waals surface area contributed by atoms with E-state index in [1.165, 1.54) is 41.0 Å². The van der Waals surface area contributed by atoms with Crippen LogP contribution in [0.5, 0.6) is 11.5 Å². The van der Waals surface area contributed by atoms with E-state index in [-0.39, 0.29) is 34.6 Å². The lowest BCUT2D eigenvalue weighted by molar-refractivity contribution is -0.119. The lowest BCUT2D eigenvalue weighted by Gasteiger charge is -2.16. The number of ether oxygens (including phenoxy) is 2. The van der Waals surface area contributed by atoms with Crippen LogP contribution in [0.3, 0.4) is 0 Å². The number of halogens is 1. The molecular weight excluding hydrogens is 430 g/mol. The summed E-state index contributed by atoms with van der Waals surface area (Å²) in [5.74, 6) is -0.785. The first-order valence-electron chi connectivity index (χ1n) is 9.29. The maximum absolute atomic E-state index is 12.5. The van der Waals surface area contributed by atoms with Gasteiger partial charge in [0.2, 0.25) is 0 Å². The smallest absolute Gasteiger partial charge is 0.279 e. The van der Waals surface area contributed by atoms with E-state index in [4.69, 9.17) is 26.8 Å². The summed E-state index contributed by atoms with van der Waals surface area (Å²) in [6.07, 6.45) is 3.06. The molecule has 0 fully saturated rings. The van der Waals surface area contributed by atoms with Crippen LogP contribution in [-0.2, 0) is 17.6 Å². The topological polar surface area (TPSA) is 120 Å². The predicted octanol–water partition coefficient (Wildman–Crippen LogP) is 2.47.